The molecule has 0 bridgehead atoms. The van der Waals surface area contributed by atoms with E-state index in [-0.39, 0.29) is 18.0 Å². The summed E-state index contributed by atoms with van der Waals surface area (Å²) in [4.78, 5) is 15.7. The number of ketones is 1. The second kappa shape index (κ2) is 6.48. The van der Waals surface area contributed by atoms with Gasteiger partial charge in [0.1, 0.15) is 23.9 Å². The third-order valence-electron chi connectivity index (χ3n) is 3.54. The van der Waals surface area contributed by atoms with Crippen LogP contribution in [0, 0.1) is 0 Å². The summed E-state index contributed by atoms with van der Waals surface area (Å²) < 4.78 is 5.67. The molecule has 23 heavy (non-hydrogen) atoms. The van der Waals surface area contributed by atoms with Crippen molar-refractivity contribution in [2.75, 3.05) is 0 Å². The van der Waals surface area contributed by atoms with E-state index >= 15 is 0 Å². The number of rotatable bonds is 5. The molecule has 2 aromatic carbocycles. The molecule has 1 N–H and O–H groups in total. The van der Waals surface area contributed by atoms with Crippen molar-refractivity contribution in [3.63, 3.8) is 0 Å². The number of carbonyl (C=O) groups excluding carboxylic acids is 1. The topological polar surface area (TPSA) is 59.4 Å². The summed E-state index contributed by atoms with van der Waals surface area (Å²) in [5.74, 6) is 0.628. The Balaban J connectivity index is 1.71. The van der Waals surface area contributed by atoms with E-state index in [1.165, 1.54) is 13.0 Å². The van der Waals surface area contributed by atoms with Gasteiger partial charge in [-0.25, -0.2) is 4.98 Å². The zero-order chi connectivity index (χ0) is 16.2. The Hall–Kier alpha value is -2.88. The summed E-state index contributed by atoms with van der Waals surface area (Å²) in [6.07, 6.45) is 0.221. The van der Waals surface area contributed by atoms with Crippen molar-refractivity contribution in [1.29, 1.82) is 0 Å². The molecule has 0 spiro atoms. The number of carbonyl (C=O) groups is 1. The normalized spacial score (nSPS) is 10.7. The van der Waals surface area contributed by atoms with Crippen LogP contribution < -0.4 is 4.74 Å². The number of benzene rings is 2. The van der Waals surface area contributed by atoms with E-state index in [0.717, 1.165) is 16.6 Å². The van der Waals surface area contributed by atoms with Crippen LogP contribution in [-0.2, 0) is 17.8 Å². The molecule has 0 fully saturated rings. The molecule has 0 aliphatic rings. The molecule has 1 aromatic heterocycles. The summed E-state index contributed by atoms with van der Waals surface area (Å²) >= 11 is 0. The number of hydrogen-bond donors (Lipinski definition) is 1. The molecular formula is C19H17NO3. The number of nitrogens with zero attached hydrogens (tertiary/aromatic N) is 1. The van der Waals surface area contributed by atoms with E-state index in [1.54, 1.807) is 12.1 Å². The van der Waals surface area contributed by atoms with E-state index in [2.05, 4.69) is 4.98 Å². The van der Waals surface area contributed by atoms with Gasteiger partial charge in [0.05, 0.1) is 11.2 Å². The van der Waals surface area contributed by atoms with Crippen molar-refractivity contribution < 1.29 is 14.6 Å². The standard InChI is InChI=1S/C19H17NO3/c1-13(21)10-15-7-9-17(11-19(15)22)23-12-16-8-6-14-4-2-3-5-18(14)20-16/h2-9,11,22H,10,12H2,1H3. The van der Waals surface area contributed by atoms with E-state index in [4.69, 9.17) is 4.74 Å². The lowest BCUT2D eigenvalue weighted by atomic mass is 10.1. The Kier molecular flexibility index (Phi) is 4.24. The maximum absolute atomic E-state index is 11.1. The van der Waals surface area contributed by atoms with Crippen LogP contribution in [0.3, 0.4) is 0 Å². The minimum absolute atomic E-state index is 0.00864. The highest BCUT2D eigenvalue weighted by Gasteiger charge is 2.06. The fraction of sp³-hybridized carbons (Fsp3) is 0.158. The molecule has 0 aliphatic heterocycles. The highest BCUT2D eigenvalue weighted by molar-refractivity contribution is 5.79. The van der Waals surface area contributed by atoms with Gasteiger partial charge in [-0.1, -0.05) is 30.3 Å². The van der Waals surface area contributed by atoms with Crippen molar-refractivity contribution in [2.24, 2.45) is 0 Å². The van der Waals surface area contributed by atoms with Crippen LogP contribution in [0.15, 0.2) is 54.6 Å². The van der Waals surface area contributed by atoms with Gasteiger partial charge in [-0.2, -0.15) is 0 Å². The van der Waals surface area contributed by atoms with Crippen molar-refractivity contribution in [2.45, 2.75) is 20.0 Å². The first-order valence-corrected chi connectivity index (χ1v) is 7.40. The van der Waals surface area contributed by atoms with E-state index in [9.17, 15) is 9.90 Å². The Labute approximate surface area is 134 Å². The summed E-state index contributed by atoms with van der Waals surface area (Å²) in [5.41, 5.74) is 2.35. The van der Waals surface area contributed by atoms with E-state index < -0.39 is 0 Å². The largest absolute Gasteiger partial charge is 0.508 e. The van der Waals surface area contributed by atoms with Crippen LogP contribution >= 0.6 is 0 Å². The highest BCUT2D eigenvalue weighted by Crippen LogP contribution is 2.25. The molecular weight excluding hydrogens is 290 g/mol. The highest BCUT2D eigenvalue weighted by atomic mass is 16.5. The average Bonchev–Trinajstić information content (AvgIpc) is 2.54. The van der Waals surface area contributed by atoms with E-state index in [0.29, 0.717) is 17.9 Å². The number of fused-ring (bicyclic) bond motifs is 1. The molecule has 0 saturated heterocycles. The third-order valence-corrected chi connectivity index (χ3v) is 3.54. The van der Waals surface area contributed by atoms with Crippen molar-refractivity contribution in [1.82, 2.24) is 4.98 Å². The lowest BCUT2D eigenvalue weighted by Gasteiger charge is -2.09. The maximum atomic E-state index is 11.1. The molecule has 1 heterocycles. The Morgan fingerprint density at radius 2 is 1.96 bits per heavy atom. The first kappa shape index (κ1) is 15.0. The van der Waals surface area contributed by atoms with Gasteiger partial charge < -0.3 is 9.84 Å². The predicted molar refractivity (Wildman–Crippen MR) is 88.6 cm³/mol. The SMILES string of the molecule is CC(=O)Cc1ccc(OCc2ccc3ccccc3n2)cc1O. The lowest BCUT2D eigenvalue weighted by Crippen LogP contribution is -2.00. The number of para-hydroxylation sites is 1. The molecule has 0 atom stereocenters. The van der Waals surface area contributed by atoms with Gasteiger partial charge in [0.15, 0.2) is 0 Å². The molecule has 0 amide bonds. The molecule has 116 valence electrons. The van der Waals surface area contributed by atoms with Crippen LogP contribution in [0.2, 0.25) is 0 Å². The first-order chi connectivity index (χ1) is 11.1. The first-order valence-electron chi connectivity index (χ1n) is 7.40. The molecule has 0 aliphatic carbocycles. The number of pyridine rings is 1. The Morgan fingerprint density at radius 1 is 1.13 bits per heavy atom. The third kappa shape index (κ3) is 3.66. The average molecular weight is 307 g/mol. The number of phenolic OH excluding ortho intramolecular Hbond substituents is 1. The summed E-state index contributed by atoms with van der Waals surface area (Å²) in [7, 11) is 0. The van der Waals surface area contributed by atoms with Crippen LogP contribution in [-0.4, -0.2) is 15.9 Å². The molecule has 0 saturated carbocycles. The molecule has 3 rings (SSSR count). The minimum atomic E-state index is 0.00864. The quantitative estimate of drug-likeness (QED) is 0.781. The Bertz CT molecular complexity index is 858. The maximum Gasteiger partial charge on any atom is 0.134 e. The zero-order valence-electron chi connectivity index (χ0n) is 12.8. The summed E-state index contributed by atoms with van der Waals surface area (Å²) in [6.45, 7) is 1.81. The fourth-order valence-electron chi connectivity index (χ4n) is 2.40. The number of ether oxygens (including phenoxy) is 1. The molecule has 0 radical (unpaired) electrons. The second-order valence-electron chi connectivity index (χ2n) is 5.45. The van der Waals surface area contributed by atoms with E-state index in [1.807, 2.05) is 36.4 Å². The Morgan fingerprint density at radius 3 is 2.74 bits per heavy atom. The van der Waals surface area contributed by atoms with Gasteiger partial charge in [0.25, 0.3) is 0 Å². The van der Waals surface area contributed by atoms with Crippen molar-refractivity contribution in [3.8, 4) is 11.5 Å². The van der Waals surface area contributed by atoms with Crippen LogP contribution in [0.1, 0.15) is 18.2 Å². The number of aromatic hydroxyl groups is 1. The number of phenols is 1. The molecule has 3 aromatic rings. The summed E-state index contributed by atoms with van der Waals surface area (Å²) in [6, 6.07) is 16.8. The number of Topliss-reactive ketones (excluding diaryl/α,β-unsaturated/α-hetero) is 1. The zero-order valence-corrected chi connectivity index (χ0v) is 12.8. The van der Waals surface area contributed by atoms with Crippen molar-refractivity contribution in [3.05, 3.63) is 65.9 Å². The van der Waals surface area contributed by atoms with Crippen LogP contribution in [0.5, 0.6) is 11.5 Å². The summed E-state index contributed by atoms with van der Waals surface area (Å²) in [5, 5.41) is 11.0. The van der Waals surface area contributed by atoms with Gasteiger partial charge in [-0.15, -0.1) is 0 Å². The second-order valence-corrected chi connectivity index (χ2v) is 5.45. The minimum Gasteiger partial charge on any atom is -0.508 e. The number of aromatic nitrogens is 1. The van der Waals surface area contributed by atoms with Gasteiger partial charge in [0.2, 0.25) is 0 Å². The van der Waals surface area contributed by atoms with Gasteiger partial charge in [0, 0.05) is 23.4 Å². The van der Waals surface area contributed by atoms with Gasteiger partial charge in [-0.3, -0.25) is 4.79 Å². The fourth-order valence-corrected chi connectivity index (χ4v) is 2.40. The molecule has 4 nitrogen and oxygen atoms in total. The van der Waals surface area contributed by atoms with Gasteiger partial charge in [-0.05, 0) is 25.1 Å². The van der Waals surface area contributed by atoms with Crippen LogP contribution in [0.4, 0.5) is 0 Å². The molecule has 0 unspecified atom stereocenters. The molecule has 4 heteroatoms. The smallest absolute Gasteiger partial charge is 0.134 e. The monoisotopic (exact) mass is 307 g/mol. The lowest BCUT2D eigenvalue weighted by molar-refractivity contribution is -0.116. The van der Waals surface area contributed by atoms with Crippen LogP contribution in [0.25, 0.3) is 10.9 Å². The van der Waals surface area contributed by atoms with Crippen molar-refractivity contribution >= 4 is 16.7 Å². The predicted octanol–water partition coefficient (Wildman–Crippen LogP) is 3.65. The van der Waals surface area contributed by atoms with Gasteiger partial charge >= 0.3 is 0 Å². The number of hydrogen-bond acceptors (Lipinski definition) is 4.